The molecule has 0 atom stereocenters. The normalized spacial score (nSPS) is 15.7. The molecule has 2 rings (SSSR count). The van der Waals surface area contributed by atoms with E-state index in [-0.39, 0.29) is 5.69 Å². The molecule has 2 nitrogen and oxygen atoms in total. The summed E-state index contributed by atoms with van der Waals surface area (Å²) in [5.74, 6) is -0.894. The van der Waals surface area contributed by atoms with Gasteiger partial charge in [-0.3, -0.25) is 0 Å². The first-order valence-electron chi connectivity index (χ1n) is 6.54. The van der Waals surface area contributed by atoms with Gasteiger partial charge in [0, 0.05) is 25.7 Å². The highest BCUT2D eigenvalue weighted by Gasteiger charge is 2.20. The van der Waals surface area contributed by atoms with Crippen molar-refractivity contribution in [3.63, 3.8) is 0 Å². The molecular weight excluding hydrogens is 234 g/mol. The van der Waals surface area contributed by atoms with Crippen LogP contribution in [0, 0.1) is 11.6 Å². The lowest BCUT2D eigenvalue weighted by atomic mass is 10.1. The fraction of sp³-hybridized carbons (Fsp3) is 0.571. The number of anilines is 1. The molecule has 0 aromatic heterocycles. The molecule has 0 unspecified atom stereocenters. The van der Waals surface area contributed by atoms with Crippen molar-refractivity contribution in [2.45, 2.75) is 39.3 Å². The Balaban J connectivity index is 2.18. The van der Waals surface area contributed by atoms with Crippen LogP contribution in [0.4, 0.5) is 14.5 Å². The van der Waals surface area contributed by atoms with Crippen LogP contribution in [-0.4, -0.2) is 19.1 Å². The highest BCUT2D eigenvalue weighted by atomic mass is 19.1. The molecule has 4 heteroatoms. The lowest BCUT2D eigenvalue weighted by molar-refractivity contribution is 0.558. The highest BCUT2D eigenvalue weighted by molar-refractivity contribution is 5.51. The van der Waals surface area contributed by atoms with Crippen LogP contribution in [-0.2, 0) is 6.54 Å². The van der Waals surface area contributed by atoms with Crippen molar-refractivity contribution < 1.29 is 8.78 Å². The molecule has 18 heavy (non-hydrogen) atoms. The highest BCUT2D eigenvalue weighted by Crippen LogP contribution is 2.28. The number of rotatable bonds is 4. The molecule has 1 aromatic carbocycles. The van der Waals surface area contributed by atoms with E-state index in [0.717, 1.165) is 25.9 Å². The van der Waals surface area contributed by atoms with Crippen LogP contribution in [0.15, 0.2) is 12.1 Å². The van der Waals surface area contributed by atoms with Crippen molar-refractivity contribution in [2.24, 2.45) is 0 Å². The van der Waals surface area contributed by atoms with E-state index in [2.05, 4.69) is 5.32 Å². The van der Waals surface area contributed by atoms with E-state index in [1.807, 2.05) is 13.8 Å². The maximum atomic E-state index is 14.0. The smallest absolute Gasteiger partial charge is 0.149 e. The lowest BCUT2D eigenvalue weighted by Crippen LogP contribution is -2.23. The number of hydrogen-bond acceptors (Lipinski definition) is 2. The zero-order chi connectivity index (χ0) is 13.1. The Morgan fingerprint density at radius 1 is 1.17 bits per heavy atom. The molecule has 1 aromatic rings. The molecule has 0 spiro atoms. The minimum atomic E-state index is -0.447. The molecule has 0 aliphatic carbocycles. The summed E-state index contributed by atoms with van der Waals surface area (Å²) in [6.45, 7) is 6.00. The fourth-order valence-corrected chi connectivity index (χ4v) is 2.28. The summed E-state index contributed by atoms with van der Waals surface area (Å²) in [6, 6.07) is 3.17. The minimum Gasteiger partial charge on any atom is -0.367 e. The minimum absolute atomic E-state index is 0.140. The number of nitrogens with one attached hydrogen (secondary N) is 1. The molecule has 1 saturated heterocycles. The van der Waals surface area contributed by atoms with Crippen LogP contribution in [0.5, 0.6) is 0 Å². The van der Waals surface area contributed by atoms with Gasteiger partial charge in [-0.2, -0.15) is 0 Å². The van der Waals surface area contributed by atoms with Gasteiger partial charge in [0.25, 0.3) is 0 Å². The second kappa shape index (κ2) is 5.65. The Hall–Kier alpha value is -1.16. The van der Waals surface area contributed by atoms with E-state index < -0.39 is 11.6 Å². The number of benzene rings is 1. The van der Waals surface area contributed by atoms with Gasteiger partial charge in [-0.25, -0.2) is 8.78 Å². The molecule has 1 N–H and O–H groups in total. The number of halogens is 2. The maximum absolute atomic E-state index is 14.0. The van der Waals surface area contributed by atoms with Crippen LogP contribution in [0.3, 0.4) is 0 Å². The number of hydrogen-bond donors (Lipinski definition) is 1. The van der Waals surface area contributed by atoms with E-state index in [1.54, 1.807) is 4.90 Å². The van der Waals surface area contributed by atoms with Crippen molar-refractivity contribution in [3.8, 4) is 0 Å². The Bertz CT molecular complexity index is 389. The van der Waals surface area contributed by atoms with Crippen LogP contribution in [0.1, 0.15) is 32.3 Å². The van der Waals surface area contributed by atoms with Gasteiger partial charge in [0.15, 0.2) is 0 Å². The SMILES string of the molecule is CC(C)NCc1cc(F)c(N2CCCC2)c(F)c1. The van der Waals surface area contributed by atoms with Crippen molar-refractivity contribution in [3.05, 3.63) is 29.3 Å². The molecule has 1 fully saturated rings. The van der Waals surface area contributed by atoms with Gasteiger partial charge in [0.1, 0.15) is 17.3 Å². The summed E-state index contributed by atoms with van der Waals surface area (Å²) >= 11 is 0. The molecule has 0 amide bonds. The van der Waals surface area contributed by atoms with E-state index in [9.17, 15) is 8.78 Å². The average Bonchev–Trinajstić information content (AvgIpc) is 2.79. The predicted octanol–water partition coefficient (Wildman–Crippen LogP) is 3.06. The van der Waals surface area contributed by atoms with E-state index in [4.69, 9.17) is 0 Å². The lowest BCUT2D eigenvalue weighted by Gasteiger charge is -2.20. The molecule has 100 valence electrons. The average molecular weight is 254 g/mol. The number of nitrogens with zero attached hydrogens (tertiary/aromatic N) is 1. The fourth-order valence-electron chi connectivity index (χ4n) is 2.28. The third kappa shape index (κ3) is 2.99. The van der Waals surface area contributed by atoms with Crippen molar-refractivity contribution in [2.75, 3.05) is 18.0 Å². The molecule has 1 heterocycles. The first kappa shape index (κ1) is 13.3. The zero-order valence-electron chi connectivity index (χ0n) is 11.0. The van der Waals surface area contributed by atoms with Crippen molar-refractivity contribution in [1.29, 1.82) is 0 Å². The van der Waals surface area contributed by atoms with Crippen molar-refractivity contribution >= 4 is 5.69 Å². The molecule has 0 bridgehead atoms. The summed E-state index contributed by atoms with van der Waals surface area (Å²) in [5, 5.41) is 3.16. The van der Waals surface area contributed by atoms with Gasteiger partial charge in [-0.05, 0) is 30.5 Å². The summed E-state index contributed by atoms with van der Waals surface area (Å²) in [4.78, 5) is 1.80. The third-order valence-electron chi connectivity index (χ3n) is 3.21. The van der Waals surface area contributed by atoms with E-state index in [0.29, 0.717) is 18.2 Å². The summed E-state index contributed by atoms with van der Waals surface area (Å²) in [5.41, 5.74) is 0.794. The first-order valence-corrected chi connectivity index (χ1v) is 6.54. The quantitative estimate of drug-likeness (QED) is 0.888. The molecule has 1 aliphatic heterocycles. The Morgan fingerprint density at radius 3 is 2.22 bits per heavy atom. The summed E-state index contributed by atoms with van der Waals surface area (Å²) in [7, 11) is 0. The van der Waals surface area contributed by atoms with Gasteiger partial charge in [0.05, 0.1) is 0 Å². The first-order chi connectivity index (χ1) is 8.58. The van der Waals surface area contributed by atoms with Gasteiger partial charge in [-0.15, -0.1) is 0 Å². The van der Waals surface area contributed by atoms with Crippen LogP contribution >= 0.6 is 0 Å². The van der Waals surface area contributed by atoms with E-state index >= 15 is 0 Å². The molecule has 0 radical (unpaired) electrons. The third-order valence-corrected chi connectivity index (χ3v) is 3.21. The molecule has 1 aliphatic rings. The van der Waals surface area contributed by atoms with Crippen molar-refractivity contribution in [1.82, 2.24) is 5.32 Å². The molecule has 0 saturated carbocycles. The second-order valence-electron chi connectivity index (χ2n) is 5.14. The van der Waals surface area contributed by atoms with Gasteiger partial charge < -0.3 is 10.2 Å². The van der Waals surface area contributed by atoms with Crippen LogP contribution in [0.25, 0.3) is 0 Å². The standard InChI is InChI=1S/C14H20F2N2/c1-10(2)17-9-11-7-12(15)14(13(16)8-11)18-5-3-4-6-18/h7-8,10,17H,3-6,9H2,1-2H3. The maximum Gasteiger partial charge on any atom is 0.149 e. The summed E-state index contributed by atoms with van der Waals surface area (Å²) in [6.07, 6.45) is 2.02. The van der Waals surface area contributed by atoms with Gasteiger partial charge in [0.2, 0.25) is 0 Å². The zero-order valence-corrected chi connectivity index (χ0v) is 11.0. The Morgan fingerprint density at radius 2 is 1.72 bits per heavy atom. The molecular formula is C14H20F2N2. The Kier molecular flexibility index (Phi) is 4.17. The van der Waals surface area contributed by atoms with Gasteiger partial charge in [-0.1, -0.05) is 13.8 Å². The Labute approximate surface area is 107 Å². The van der Waals surface area contributed by atoms with Crippen LogP contribution in [0.2, 0.25) is 0 Å². The largest absolute Gasteiger partial charge is 0.367 e. The topological polar surface area (TPSA) is 15.3 Å². The monoisotopic (exact) mass is 254 g/mol. The second-order valence-corrected chi connectivity index (χ2v) is 5.14. The summed E-state index contributed by atoms with van der Waals surface area (Å²) < 4.78 is 28.0. The van der Waals surface area contributed by atoms with Gasteiger partial charge >= 0.3 is 0 Å². The predicted molar refractivity (Wildman–Crippen MR) is 69.8 cm³/mol. The van der Waals surface area contributed by atoms with Crippen LogP contribution < -0.4 is 10.2 Å². The van der Waals surface area contributed by atoms with E-state index in [1.165, 1.54) is 12.1 Å².